The zero-order valence-electron chi connectivity index (χ0n) is 15.7. The SMILES string of the molecule is CC1CCCCN1Cc1ccc(NC(=O)C2CCCC(N)C2)cc1.Cl.Cl. The lowest BCUT2D eigenvalue weighted by Gasteiger charge is -2.33. The molecular weight excluding hydrogens is 369 g/mol. The molecule has 1 aliphatic carbocycles. The summed E-state index contributed by atoms with van der Waals surface area (Å²) < 4.78 is 0. The standard InChI is InChI=1S/C20H31N3O.2ClH/c1-15-5-2-3-12-23(15)14-16-8-10-19(11-9-16)22-20(24)17-6-4-7-18(21)13-17;;/h8-11,15,17-18H,2-7,12-14,21H2,1H3,(H,22,24);2*1H. The zero-order chi connectivity index (χ0) is 16.9. The van der Waals surface area contributed by atoms with E-state index in [9.17, 15) is 4.79 Å². The van der Waals surface area contributed by atoms with Crippen LogP contribution in [-0.4, -0.2) is 29.4 Å². The first kappa shape index (κ1) is 23.2. The fourth-order valence-electron chi connectivity index (χ4n) is 4.03. The Balaban J connectivity index is 0.00000169. The van der Waals surface area contributed by atoms with Crippen LogP contribution in [-0.2, 0) is 11.3 Å². The maximum Gasteiger partial charge on any atom is 0.227 e. The highest BCUT2D eigenvalue weighted by atomic mass is 35.5. The summed E-state index contributed by atoms with van der Waals surface area (Å²) in [5.41, 5.74) is 8.21. The molecule has 3 rings (SSSR count). The van der Waals surface area contributed by atoms with Crippen LogP contribution in [0, 0.1) is 5.92 Å². The van der Waals surface area contributed by atoms with Crippen molar-refractivity contribution in [3.8, 4) is 0 Å². The Hall–Kier alpha value is -0.810. The summed E-state index contributed by atoms with van der Waals surface area (Å²) in [6.45, 7) is 4.52. The molecule has 1 aromatic rings. The molecule has 4 nitrogen and oxygen atoms in total. The van der Waals surface area contributed by atoms with Gasteiger partial charge in [-0.05, 0) is 63.3 Å². The van der Waals surface area contributed by atoms with Gasteiger partial charge in [0.2, 0.25) is 5.91 Å². The predicted octanol–water partition coefficient (Wildman–Crippen LogP) is 4.36. The second-order valence-electron chi connectivity index (χ2n) is 7.63. The Labute approximate surface area is 170 Å². The fraction of sp³-hybridized carbons (Fsp3) is 0.650. The van der Waals surface area contributed by atoms with Crippen LogP contribution >= 0.6 is 24.8 Å². The lowest BCUT2D eigenvalue weighted by atomic mass is 9.85. The highest BCUT2D eigenvalue weighted by Crippen LogP contribution is 2.25. The predicted molar refractivity (Wildman–Crippen MR) is 113 cm³/mol. The summed E-state index contributed by atoms with van der Waals surface area (Å²) in [6.07, 6.45) is 7.86. The topological polar surface area (TPSA) is 58.4 Å². The molecule has 1 saturated carbocycles. The average Bonchev–Trinajstić information content (AvgIpc) is 2.58. The summed E-state index contributed by atoms with van der Waals surface area (Å²) in [5, 5.41) is 3.06. The number of halogens is 2. The van der Waals surface area contributed by atoms with Gasteiger partial charge in [-0.15, -0.1) is 24.8 Å². The Morgan fingerprint density at radius 3 is 2.50 bits per heavy atom. The van der Waals surface area contributed by atoms with Crippen molar-refractivity contribution in [1.82, 2.24) is 4.90 Å². The van der Waals surface area contributed by atoms with Crippen molar-refractivity contribution in [3.63, 3.8) is 0 Å². The van der Waals surface area contributed by atoms with Gasteiger partial charge in [0.25, 0.3) is 0 Å². The third-order valence-electron chi connectivity index (χ3n) is 5.63. The molecular formula is C20H33Cl2N3O. The number of piperidine rings is 1. The molecule has 26 heavy (non-hydrogen) atoms. The average molecular weight is 402 g/mol. The van der Waals surface area contributed by atoms with Crippen LogP contribution in [0.15, 0.2) is 24.3 Å². The monoisotopic (exact) mass is 401 g/mol. The van der Waals surface area contributed by atoms with Crippen LogP contribution in [0.3, 0.4) is 0 Å². The Morgan fingerprint density at radius 2 is 1.85 bits per heavy atom. The van der Waals surface area contributed by atoms with Gasteiger partial charge in [-0.2, -0.15) is 0 Å². The molecule has 3 unspecified atom stereocenters. The second-order valence-corrected chi connectivity index (χ2v) is 7.63. The second kappa shape index (κ2) is 11.1. The quantitative estimate of drug-likeness (QED) is 0.787. The number of likely N-dealkylation sites (tertiary alicyclic amines) is 1. The minimum atomic E-state index is 0. The molecule has 2 aliphatic rings. The molecule has 1 aromatic carbocycles. The molecule has 148 valence electrons. The molecule has 0 spiro atoms. The van der Waals surface area contributed by atoms with Crippen LogP contribution in [0.2, 0.25) is 0 Å². The number of benzene rings is 1. The third-order valence-corrected chi connectivity index (χ3v) is 5.63. The summed E-state index contributed by atoms with van der Waals surface area (Å²) in [6, 6.07) is 9.21. The van der Waals surface area contributed by atoms with Crippen LogP contribution in [0.25, 0.3) is 0 Å². The van der Waals surface area contributed by atoms with Gasteiger partial charge in [0, 0.05) is 30.2 Å². The van der Waals surface area contributed by atoms with E-state index in [1.165, 1.54) is 31.4 Å². The lowest BCUT2D eigenvalue weighted by Crippen LogP contribution is -2.36. The Bertz CT molecular complexity index is 552. The molecule has 1 saturated heterocycles. The van der Waals surface area contributed by atoms with Gasteiger partial charge in [0.15, 0.2) is 0 Å². The molecule has 6 heteroatoms. The van der Waals surface area contributed by atoms with Gasteiger partial charge >= 0.3 is 0 Å². The van der Waals surface area contributed by atoms with Crippen molar-refractivity contribution in [1.29, 1.82) is 0 Å². The Morgan fingerprint density at radius 1 is 1.12 bits per heavy atom. The largest absolute Gasteiger partial charge is 0.328 e. The van der Waals surface area contributed by atoms with Crippen molar-refractivity contribution in [2.45, 2.75) is 70.5 Å². The van der Waals surface area contributed by atoms with Crippen molar-refractivity contribution >= 4 is 36.4 Å². The van der Waals surface area contributed by atoms with Gasteiger partial charge in [0.1, 0.15) is 0 Å². The summed E-state index contributed by atoms with van der Waals surface area (Å²) in [5.74, 6) is 0.199. The van der Waals surface area contributed by atoms with Gasteiger partial charge in [0.05, 0.1) is 0 Å². The number of nitrogens with two attached hydrogens (primary N) is 1. The zero-order valence-corrected chi connectivity index (χ0v) is 17.3. The van der Waals surface area contributed by atoms with E-state index in [2.05, 4.69) is 29.3 Å². The fourth-order valence-corrected chi connectivity index (χ4v) is 4.03. The Kier molecular flexibility index (Phi) is 9.94. The van der Waals surface area contributed by atoms with E-state index in [-0.39, 0.29) is 42.7 Å². The number of rotatable bonds is 4. The molecule has 3 N–H and O–H groups in total. The van der Waals surface area contributed by atoms with Crippen molar-refractivity contribution in [3.05, 3.63) is 29.8 Å². The van der Waals surface area contributed by atoms with Crippen LogP contribution in [0.5, 0.6) is 0 Å². The number of carbonyl (C=O) groups excluding carboxylic acids is 1. The first-order chi connectivity index (χ1) is 11.6. The molecule has 1 aliphatic heterocycles. The third kappa shape index (κ3) is 6.41. The maximum atomic E-state index is 12.4. The van der Waals surface area contributed by atoms with Gasteiger partial charge in [-0.3, -0.25) is 9.69 Å². The molecule has 1 amide bonds. The summed E-state index contributed by atoms with van der Waals surface area (Å²) in [4.78, 5) is 14.9. The number of hydrogen-bond donors (Lipinski definition) is 2. The number of carbonyl (C=O) groups is 1. The van der Waals surface area contributed by atoms with E-state index >= 15 is 0 Å². The minimum absolute atomic E-state index is 0. The number of nitrogens with zero attached hydrogens (tertiary/aromatic N) is 1. The number of hydrogen-bond acceptors (Lipinski definition) is 3. The van der Waals surface area contributed by atoms with Crippen LogP contribution in [0.4, 0.5) is 5.69 Å². The van der Waals surface area contributed by atoms with E-state index in [4.69, 9.17) is 5.73 Å². The van der Waals surface area contributed by atoms with E-state index in [0.717, 1.165) is 37.9 Å². The highest BCUT2D eigenvalue weighted by molar-refractivity contribution is 5.92. The summed E-state index contributed by atoms with van der Waals surface area (Å²) >= 11 is 0. The van der Waals surface area contributed by atoms with E-state index in [0.29, 0.717) is 6.04 Å². The molecule has 2 fully saturated rings. The molecule has 3 atom stereocenters. The number of nitrogens with one attached hydrogen (secondary N) is 1. The lowest BCUT2D eigenvalue weighted by molar-refractivity contribution is -0.120. The van der Waals surface area contributed by atoms with Gasteiger partial charge in [-0.1, -0.05) is 25.0 Å². The smallest absolute Gasteiger partial charge is 0.227 e. The van der Waals surface area contributed by atoms with Gasteiger partial charge in [-0.25, -0.2) is 0 Å². The van der Waals surface area contributed by atoms with Gasteiger partial charge < -0.3 is 11.1 Å². The van der Waals surface area contributed by atoms with E-state index < -0.39 is 0 Å². The normalized spacial score (nSPS) is 26.3. The molecule has 0 bridgehead atoms. The molecule has 0 aromatic heterocycles. The number of amides is 1. The first-order valence-corrected chi connectivity index (χ1v) is 9.51. The molecule has 0 radical (unpaired) electrons. The van der Waals surface area contributed by atoms with E-state index in [1.807, 2.05) is 12.1 Å². The van der Waals surface area contributed by atoms with Crippen molar-refractivity contribution < 1.29 is 4.79 Å². The van der Waals surface area contributed by atoms with E-state index in [1.54, 1.807) is 0 Å². The summed E-state index contributed by atoms with van der Waals surface area (Å²) in [7, 11) is 0. The minimum Gasteiger partial charge on any atom is -0.328 e. The highest BCUT2D eigenvalue weighted by Gasteiger charge is 2.25. The maximum absolute atomic E-state index is 12.4. The van der Waals surface area contributed by atoms with Crippen LogP contribution < -0.4 is 11.1 Å². The van der Waals surface area contributed by atoms with Crippen molar-refractivity contribution in [2.24, 2.45) is 11.7 Å². The first-order valence-electron chi connectivity index (χ1n) is 9.51. The van der Waals surface area contributed by atoms with Crippen LogP contribution in [0.1, 0.15) is 57.4 Å². The van der Waals surface area contributed by atoms with Crippen molar-refractivity contribution in [2.75, 3.05) is 11.9 Å². The number of anilines is 1. The molecule has 1 heterocycles.